The molecule has 1 amide bonds. The lowest BCUT2D eigenvalue weighted by molar-refractivity contribution is -0.177. The number of aromatic amines is 1. The number of aliphatic hydroxyl groups is 1. The second kappa shape index (κ2) is 7.39. The Morgan fingerprint density at radius 3 is 2.32 bits per heavy atom. The van der Waals surface area contributed by atoms with Crippen molar-refractivity contribution in [3.05, 3.63) is 35.2 Å². The lowest BCUT2D eigenvalue weighted by Crippen LogP contribution is -2.44. The van der Waals surface area contributed by atoms with E-state index >= 15 is 0 Å². The van der Waals surface area contributed by atoms with Crippen molar-refractivity contribution in [2.75, 3.05) is 23.3 Å². The maximum Gasteiger partial charge on any atom is 0.417 e. The predicted molar refractivity (Wildman–Crippen MR) is 95.4 cm³/mol. The van der Waals surface area contributed by atoms with E-state index in [9.17, 15) is 36.2 Å². The molecule has 1 saturated heterocycles. The maximum atomic E-state index is 13.6. The summed E-state index contributed by atoms with van der Waals surface area (Å²) in [5, 5.41) is 18.5. The molecule has 3 N–H and O–H groups in total. The van der Waals surface area contributed by atoms with E-state index in [1.54, 1.807) is 4.90 Å². The summed E-state index contributed by atoms with van der Waals surface area (Å²) in [5.41, 5.74) is -1.02. The number of carbonyl (C=O) groups is 1. The number of halogens is 6. The van der Waals surface area contributed by atoms with Gasteiger partial charge in [0.25, 0.3) is 5.91 Å². The number of aliphatic hydroxyl groups excluding tert-OH is 1. The third-order valence-electron chi connectivity index (χ3n) is 5.61. The standard InChI is InChI=1S/C18H17F6N5O2/c19-17(20,21)9-1-2-10(25-7-9)29-5-3-8(4-6-29)13-11-12(18(22,23)24)14(30)16(31)26-15(11)28-27-13/h1-2,7-8,12,14,30H,3-6H2,(H2,26,27,28,31)/t12-,14+/m1/s1. The molecule has 0 aromatic carbocycles. The minimum absolute atomic E-state index is 0.122. The van der Waals surface area contributed by atoms with Gasteiger partial charge in [-0.15, -0.1) is 0 Å². The van der Waals surface area contributed by atoms with E-state index in [1.807, 2.05) is 0 Å². The van der Waals surface area contributed by atoms with Gasteiger partial charge in [0.05, 0.1) is 11.3 Å². The van der Waals surface area contributed by atoms with Crippen LogP contribution >= 0.6 is 0 Å². The number of pyridine rings is 1. The summed E-state index contributed by atoms with van der Waals surface area (Å²) in [4.78, 5) is 17.3. The smallest absolute Gasteiger partial charge is 0.382 e. The Morgan fingerprint density at radius 2 is 1.77 bits per heavy atom. The van der Waals surface area contributed by atoms with Gasteiger partial charge in [-0.25, -0.2) is 4.98 Å². The monoisotopic (exact) mass is 449 g/mol. The number of H-pyrrole nitrogens is 1. The number of anilines is 2. The van der Waals surface area contributed by atoms with Crippen LogP contribution in [0.5, 0.6) is 0 Å². The highest BCUT2D eigenvalue weighted by Crippen LogP contribution is 2.47. The molecule has 0 unspecified atom stereocenters. The number of piperidine rings is 1. The van der Waals surface area contributed by atoms with Gasteiger partial charge in [-0.2, -0.15) is 31.4 Å². The van der Waals surface area contributed by atoms with Crippen LogP contribution in [0.25, 0.3) is 0 Å². The zero-order valence-corrected chi connectivity index (χ0v) is 15.8. The highest BCUT2D eigenvalue weighted by Gasteiger charge is 2.53. The average Bonchev–Trinajstić information content (AvgIpc) is 3.10. The third kappa shape index (κ3) is 3.93. The van der Waals surface area contributed by atoms with E-state index in [1.165, 1.54) is 6.07 Å². The van der Waals surface area contributed by atoms with Crippen LogP contribution < -0.4 is 10.2 Å². The Morgan fingerprint density at radius 1 is 1.10 bits per heavy atom. The third-order valence-corrected chi connectivity index (χ3v) is 5.61. The fourth-order valence-corrected chi connectivity index (χ4v) is 4.06. The molecule has 31 heavy (non-hydrogen) atoms. The predicted octanol–water partition coefficient (Wildman–Crippen LogP) is 3.17. The summed E-state index contributed by atoms with van der Waals surface area (Å²) < 4.78 is 78.8. The molecule has 0 spiro atoms. The highest BCUT2D eigenvalue weighted by atomic mass is 19.4. The number of rotatable bonds is 2. The van der Waals surface area contributed by atoms with Gasteiger partial charge in [0, 0.05) is 30.8 Å². The second-order valence-corrected chi connectivity index (χ2v) is 7.52. The summed E-state index contributed by atoms with van der Waals surface area (Å²) in [6.45, 7) is 0.687. The quantitative estimate of drug-likeness (QED) is 0.613. The first kappa shape index (κ1) is 21.4. The van der Waals surface area contributed by atoms with E-state index in [2.05, 4.69) is 20.5 Å². The molecule has 2 aliphatic heterocycles. The number of nitrogens with one attached hydrogen (secondary N) is 2. The number of hydrogen-bond acceptors (Lipinski definition) is 5. The Kier molecular flexibility index (Phi) is 5.10. The molecule has 0 bridgehead atoms. The minimum Gasteiger partial charge on any atom is -0.382 e. The molecule has 1 fully saturated rings. The molecule has 2 aromatic rings. The molecule has 2 atom stereocenters. The molecule has 4 rings (SSSR count). The van der Waals surface area contributed by atoms with Gasteiger partial charge in [0.2, 0.25) is 0 Å². The first-order valence-electron chi connectivity index (χ1n) is 9.39. The molecule has 0 saturated carbocycles. The fraction of sp³-hybridized carbons (Fsp3) is 0.500. The van der Waals surface area contributed by atoms with Crippen LogP contribution in [0, 0.1) is 0 Å². The molecule has 0 aliphatic carbocycles. The summed E-state index contributed by atoms with van der Waals surface area (Å²) >= 11 is 0. The first-order valence-corrected chi connectivity index (χ1v) is 9.39. The lowest BCUT2D eigenvalue weighted by Gasteiger charge is -2.34. The Labute approximate surface area is 171 Å². The van der Waals surface area contributed by atoms with Gasteiger partial charge >= 0.3 is 12.4 Å². The number of carbonyl (C=O) groups excluding carboxylic acids is 1. The summed E-state index contributed by atoms with van der Waals surface area (Å²) in [6, 6.07) is 2.18. The normalized spacial score (nSPS) is 22.9. The fourth-order valence-electron chi connectivity index (χ4n) is 4.06. The number of alkyl halides is 6. The molecule has 2 aromatic heterocycles. The first-order chi connectivity index (χ1) is 14.5. The minimum atomic E-state index is -4.85. The highest BCUT2D eigenvalue weighted by molar-refractivity contribution is 5.97. The summed E-state index contributed by atoms with van der Waals surface area (Å²) in [5.74, 6) is -3.78. The van der Waals surface area contributed by atoms with Gasteiger partial charge in [-0.05, 0) is 25.0 Å². The zero-order chi connectivity index (χ0) is 22.6. The molecule has 2 aliphatic rings. The van der Waals surface area contributed by atoms with Crippen LogP contribution in [0.2, 0.25) is 0 Å². The topological polar surface area (TPSA) is 94.1 Å². The number of hydrogen-bond donors (Lipinski definition) is 3. The van der Waals surface area contributed by atoms with Crippen LogP contribution in [0.15, 0.2) is 18.3 Å². The van der Waals surface area contributed by atoms with Crippen molar-refractivity contribution in [2.45, 2.75) is 43.1 Å². The van der Waals surface area contributed by atoms with E-state index in [-0.39, 0.29) is 17.1 Å². The Hall–Kier alpha value is -2.83. The molecular formula is C18H17F6N5O2. The number of nitrogens with zero attached hydrogens (tertiary/aromatic N) is 3. The number of fused-ring (bicyclic) bond motifs is 1. The maximum absolute atomic E-state index is 13.6. The van der Waals surface area contributed by atoms with Crippen molar-refractivity contribution >= 4 is 17.5 Å². The van der Waals surface area contributed by atoms with Crippen molar-refractivity contribution in [1.29, 1.82) is 0 Å². The van der Waals surface area contributed by atoms with Gasteiger partial charge < -0.3 is 15.3 Å². The van der Waals surface area contributed by atoms with Crippen LogP contribution in [-0.2, 0) is 11.0 Å². The molecule has 0 radical (unpaired) electrons. The Balaban J connectivity index is 1.52. The summed E-state index contributed by atoms with van der Waals surface area (Å²) in [6.07, 6.45) is -10.1. The molecule has 7 nitrogen and oxygen atoms in total. The van der Waals surface area contributed by atoms with Crippen molar-refractivity contribution in [3.8, 4) is 0 Å². The zero-order valence-electron chi connectivity index (χ0n) is 15.8. The molecule has 4 heterocycles. The van der Waals surface area contributed by atoms with Gasteiger partial charge in [-0.3, -0.25) is 9.89 Å². The van der Waals surface area contributed by atoms with Crippen molar-refractivity contribution in [2.24, 2.45) is 0 Å². The molecule has 13 heteroatoms. The van der Waals surface area contributed by atoms with E-state index in [0.717, 1.165) is 12.3 Å². The van der Waals surface area contributed by atoms with Crippen molar-refractivity contribution in [3.63, 3.8) is 0 Å². The van der Waals surface area contributed by atoms with E-state index in [0.29, 0.717) is 31.7 Å². The largest absolute Gasteiger partial charge is 0.417 e. The molecule has 168 valence electrons. The van der Waals surface area contributed by atoms with Crippen LogP contribution in [-0.4, -0.2) is 51.6 Å². The van der Waals surface area contributed by atoms with Gasteiger partial charge in [-0.1, -0.05) is 0 Å². The van der Waals surface area contributed by atoms with Crippen LogP contribution in [0.3, 0.4) is 0 Å². The average molecular weight is 449 g/mol. The van der Waals surface area contributed by atoms with Crippen molar-refractivity contribution in [1.82, 2.24) is 15.2 Å². The van der Waals surface area contributed by atoms with Gasteiger partial charge in [0.1, 0.15) is 23.7 Å². The number of amides is 1. The lowest BCUT2D eigenvalue weighted by atomic mass is 9.83. The molecular weight excluding hydrogens is 432 g/mol. The van der Waals surface area contributed by atoms with E-state index < -0.39 is 41.8 Å². The SMILES string of the molecule is O=C1Nc2[nH]nc(C3CCN(c4ccc(C(F)(F)F)cn4)CC3)c2[C@@H](C(F)(F)F)[C@@H]1O. The number of aromatic nitrogens is 3. The van der Waals surface area contributed by atoms with Crippen LogP contribution in [0.4, 0.5) is 38.0 Å². The van der Waals surface area contributed by atoms with Crippen LogP contribution in [0.1, 0.15) is 41.5 Å². The Bertz CT molecular complexity index is 963. The van der Waals surface area contributed by atoms with Gasteiger partial charge in [0.15, 0.2) is 0 Å². The second-order valence-electron chi connectivity index (χ2n) is 7.52. The summed E-state index contributed by atoms with van der Waals surface area (Å²) in [7, 11) is 0. The van der Waals surface area contributed by atoms with E-state index in [4.69, 9.17) is 0 Å². The van der Waals surface area contributed by atoms with Crippen molar-refractivity contribution < 1.29 is 36.2 Å².